The number of hydrogen-bond acceptors (Lipinski definition) is 3. The number of hydrogen-bond donors (Lipinski definition) is 2. The number of amides is 1. The minimum atomic E-state index is -0.731. The van der Waals surface area contributed by atoms with Gasteiger partial charge >= 0.3 is 5.97 Å². The summed E-state index contributed by atoms with van der Waals surface area (Å²) in [7, 11) is 0. The molecule has 1 aliphatic heterocycles. The zero-order chi connectivity index (χ0) is 13.0. The summed E-state index contributed by atoms with van der Waals surface area (Å²) in [6.07, 6.45) is 5.06. The number of aliphatic carboxylic acids is 1. The zero-order valence-electron chi connectivity index (χ0n) is 10.7. The van der Waals surface area contributed by atoms with Crippen molar-refractivity contribution >= 4 is 11.9 Å². The summed E-state index contributed by atoms with van der Waals surface area (Å²) in [6.45, 7) is 2.51. The molecular formula is C13H22N2O3. The third kappa shape index (κ3) is 3.45. The van der Waals surface area contributed by atoms with Gasteiger partial charge in [-0.25, -0.2) is 0 Å². The van der Waals surface area contributed by atoms with Crippen LogP contribution in [0.4, 0.5) is 0 Å². The van der Waals surface area contributed by atoms with Crippen molar-refractivity contribution in [1.82, 2.24) is 10.2 Å². The van der Waals surface area contributed by atoms with Gasteiger partial charge in [0.1, 0.15) is 0 Å². The van der Waals surface area contributed by atoms with E-state index < -0.39 is 5.97 Å². The van der Waals surface area contributed by atoms with Crippen LogP contribution in [0.2, 0.25) is 0 Å². The fourth-order valence-corrected chi connectivity index (χ4v) is 2.57. The Labute approximate surface area is 108 Å². The molecule has 2 aliphatic rings. The van der Waals surface area contributed by atoms with Crippen molar-refractivity contribution in [3.63, 3.8) is 0 Å². The average Bonchev–Trinajstić information content (AvgIpc) is 2.32. The molecule has 1 saturated heterocycles. The lowest BCUT2D eigenvalue weighted by Crippen LogP contribution is -2.44. The molecule has 2 fully saturated rings. The Morgan fingerprint density at radius 2 is 1.83 bits per heavy atom. The first-order valence-corrected chi connectivity index (χ1v) is 6.88. The predicted molar refractivity (Wildman–Crippen MR) is 67.2 cm³/mol. The van der Waals surface area contributed by atoms with Gasteiger partial charge in [0.25, 0.3) is 0 Å². The maximum absolute atomic E-state index is 11.9. The molecule has 1 amide bonds. The quantitative estimate of drug-likeness (QED) is 0.757. The third-order valence-electron chi connectivity index (χ3n) is 4.13. The summed E-state index contributed by atoms with van der Waals surface area (Å²) in [4.78, 5) is 24.5. The van der Waals surface area contributed by atoms with E-state index in [1.54, 1.807) is 4.90 Å². The van der Waals surface area contributed by atoms with Gasteiger partial charge in [-0.05, 0) is 38.1 Å². The van der Waals surface area contributed by atoms with Crippen LogP contribution in [0.5, 0.6) is 0 Å². The van der Waals surface area contributed by atoms with Crippen LogP contribution in [0.25, 0.3) is 0 Å². The van der Waals surface area contributed by atoms with Crippen LogP contribution < -0.4 is 5.32 Å². The first-order valence-electron chi connectivity index (χ1n) is 6.88. The van der Waals surface area contributed by atoms with E-state index in [9.17, 15) is 9.59 Å². The van der Waals surface area contributed by atoms with Crippen LogP contribution in [-0.4, -0.2) is 48.1 Å². The van der Waals surface area contributed by atoms with Gasteiger partial charge in [0, 0.05) is 13.1 Å². The molecule has 1 saturated carbocycles. The summed E-state index contributed by atoms with van der Waals surface area (Å²) < 4.78 is 0. The normalized spacial score (nSPS) is 21.7. The van der Waals surface area contributed by atoms with Crippen LogP contribution in [-0.2, 0) is 9.59 Å². The van der Waals surface area contributed by atoms with Crippen molar-refractivity contribution in [3.05, 3.63) is 0 Å². The number of rotatable bonds is 5. The molecule has 5 heteroatoms. The molecule has 0 aromatic heterocycles. The second-order valence-electron chi connectivity index (χ2n) is 5.42. The molecule has 2 rings (SSSR count). The van der Waals surface area contributed by atoms with Crippen LogP contribution in [0.15, 0.2) is 0 Å². The first-order chi connectivity index (χ1) is 8.66. The minimum Gasteiger partial charge on any atom is -0.481 e. The molecule has 0 aromatic carbocycles. The van der Waals surface area contributed by atoms with Crippen LogP contribution in [0.1, 0.15) is 32.1 Å². The zero-order valence-corrected chi connectivity index (χ0v) is 10.7. The monoisotopic (exact) mass is 254 g/mol. The molecule has 0 spiro atoms. The van der Waals surface area contributed by atoms with Crippen molar-refractivity contribution in [2.75, 3.05) is 26.2 Å². The highest BCUT2D eigenvalue weighted by molar-refractivity contribution is 5.78. The van der Waals surface area contributed by atoms with Crippen molar-refractivity contribution in [2.24, 2.45) is 11.8 Å². The molecular weight excluding hydrogens is 232 g/mol. The highest BCUT2D eigenvalue weighted by atomic mass is 16.4. The van der Waals surface area contributed by atoms with Gasteiger partial charge in [-0.1, -0.05) is 6.42 Å². The Balaban J connectivity index is 1.62. The van der Waals surface area contributed by atoms with Crippen molar-refractivity contribution < 1.29 is 14.7 Å². The second-order valence-corrected chi connectivity index (χ2v) is 5.42. The number of likely N-dealkylation sites (tertiary alicyclic amines) is 1. The Morgan fingerprint density at radius 1 is 1.17 bits per heavy atom. The van der Waals surface area contributed by atoms with E-state index in [0.717, 1.165) is 12.5 Å². The Hall–Kier alpha value is -1.10. The van der Waals surface area contributed by atoms with E-state index in [0.29, 0.717) is 32.5 Å². The molecule has 5 nitrogen and oxygen atoms in total. The molecule has 1 aliphatic carbocycles. The van der Waals surface area contributed by atoms with Gasteiger partial charge in [0.15, 0.2) is 0 Å². The standard InChI is InChI=1S/C13H22N2O3/c16-12(9-14-8-10-2-1-3-10)15-6-4-11(5-7-15)13(17)18/h10-11,14H,1-9H2,(H,17,18). The smallest absolute Gasteiger partial charge is 0.306 e. The Bertz CT molecular complexity index is 307. The van der Waals surface area contributed by atoms with E-state index >= 15 is 0 Å². The van der Waals surface area contributed by atoms with Crippen LogP contribution in [0, 0.1) is 11.8 Å². The molecule has 1 heterocycles. The van der Waals surface area contributed by atoms with Crippen molar-refractivity contribution in [2.45, 2.75) is 32.1 Å². The third-order valence-corrected chi connectivity index (χ3v) is 4.13. The lowest BCUT2D eigenvalue weighted by atomic mass is 9.85. The largest absolute Gasteiger partial charge is 0.481 e. The fourth-order valence-electron chi connectivity index (χ4n) is 2.57. The van der Waals surface area contributed by atoms with Gasteiger partial charge < -0.3 is 15.3 Å². The minimum absolute atomic E-state index is 0.109. The lowest BCUT2D eigenvalue weighted by Gasteiger charge is -2.31. The first kappa shape index (κ1) is 13.3. The molecule has 0 radical (unpaired) electrons. The second kappa shape index (κ2) is 6.18. The van der Waals surface area contributed by atoms with Gasteiger partial charge in [0.2, 0.25) is 5.91 Å². The SMILES string of the molecule is O=C(O)C1CCN(C(=O)CNCC2CCC2)CC1. The number of nitrogens with zero attached hydrogens (tertiary/aromatic N) is 1. The van der Waals surface area contributed by atoms with Crippen LogP contribution in [0.3, 0.4) is 0 Å². The Morgan fingerprint density at radius 3 is 2.33 bits per heavy atom. The highest BCUT2D eigenvalue weighted by Gasteiger charge is 2.26. The molecule has 0 aromatic rings. The van der Waals surface area contributed by atoms with Crippen molar-refractivity contribution in [3.8, 4) is 0 Å². The summed E-state index contributed by atoms with van der Waals surface area (Å²) in [6, 6.07) is 0. The van der Waals surface area contributed by atoms with Gasteiger partial charge in [0.05, 0.1) is 12.5 Å². The lowest BCUT2D eigenvalue weighted by molar-refractivity contribution is -0.145. The van der Waals surface area contributed by atoms with Crippen LogP contribution >= 0.6 is 0 Å². The van der Waals surface area contributed by atoms with E-state index in [4.69, 9.17) is 5.11 Å². The van der Waals surface area contributed by atoms with E-state index in [1.165, 1.54) is 19.3 Å². The van der Waals surface area contributed by atoms with E-state index in [1.807, 2.05) is 0 Å². The van der Waals surface area contributed by atoms with Gasteiger partial charge in [-0.3, -0.25) is 9.59 Å². The average molecular weight is 254 g/mol. The summed E-state index contributed by atoms with van der Waals surface area (Å²) >= 11 is 0. The van der Waals surface area contributed by atoms with Gasteiger partial charge in [-0.2, -0.15) is 0 Å². The molecule has 0 atom stereocenters. The fraction of sp³-hybridized carbons (Fsp3) is 0.846. The summed E-state index contributed by atoms with van der Waals surface area (Å²) in [5.41, 5.74) is 0. The predicted octanol–water partition coefficient (Wildman–Crippen LogP) is 0.699. The molecule has 0 bridgehead atoms. The number of carboxylic acid groups (broad SMARTS) is 1. The molecule has 102 valence electrons. The molecule has 0 unspecified atom stereocenters. The van der Waals surface area contributed by atoms with E-state index in [-0.39, 0.29) is 11.8 Å². The number of carbonyl (C=O) groups excluding carboxylic acids is 1. The maximum atomic E-state index is 11.9. The Kier molecular flexibility index (Phi) is 4.58. The molecule has 2 N–H and O–H groups in total. The topological polar surface area (TPSA) is 69.6 Å². The highest BCUT2D eigenvalue weighted by Crippen LogP contribution is 2.25. The number of carbonyl (C=O) groups is 2. The number of carboxylic acids is 1. The summed E-state index contributed by atoms with van der Waals surface area (Å²) in [5, 5.41) is 12.1. The van der Waals surface area contributed by atoms with Crippen molar-refractivity contribution in [1.29, 1.82) is 0 Å². The number of nitrogens with one attached hydrogen (secondary N) is 1. The van der Waals surface area contributed by atoms with E-state index in [2.05, 4.69) is 5.32 Å². The summed E-state index contributed by atoms with van der Waals surface area (Å²) in [5.74, 6) is -0.129. The molecule has 18 heavy (non-hydrogen) atoms. The van der Waals surface area contributed by atoms with Gasteiger partial charge in [-0.15, -0.1) is 0 Å². The number of piperidine rings is 1. The maximum Gasteiger partial charge on any atom is 0.306 e.